The summed E-state index contributed by atoms with van der Waals surface area (Å²) in [6.07, 6.45) is 4.76. The van der Waals surface area contributed by atoms with E-state index in [2.05, 4.69) is 23.6 Å². The zero-order chi connectivity index (χ0) is 11.5. The molecule has 1 N–H and O–H groups in total. The molecule has 0 saturated carbocycles. The largest absolute Gasteiger partial charge is 0.389 e. The third kappa shape index (κ3) is 2.54. The van der Waals surface area contributed by atoms with Crippen LogP contribution < -0.4 is 0 Å². The van der Waals surface area contributed by atoms with E-state index in [1.54, 1.807) is 6.92 Å². The first-order valence-electron chi connectivity index (χ1n) is 5.60. The van der Waals surface area contributed by atoms with Gasteiger partial charge in [-0.15, -0.1) is 11.3 Å². The minimum Gasteiger partial charge on any atom is -0.389 e. The topological polar surface area (TPSA) is 25.2 Å². The second-order valence-electron chi connectivity index (χ2n) is 4.01. The van der Waals surface area contributed by atoms with Gasteiger partial charge in [-0.1, -0.05) is 6.92 Å². The van der Waals surface area contributed by atoms with Crippen LogP contribution in [0.2, 0.25) is 0 Å². The number of hydrogen-bond donors (Lipinski definition) is 1. The smallest absolute Gasteiger partial charge is 0.0776 e. The number of thiophene rings is 1. The number of aromatic nitrogens is 1. The summed E-state index contributed by atoms with van der Waals surface area (Å²) < 4.78 is 2.12. The van der Waals surface area contributed by atoms with E-state index in [9.17, 15) is 5.11 Å². The Hall–Kier alpha value is -1.06. The summed E-state index contributed by atoms with van der Waals surface area (Å²) in [5.74, 6) is 0. The lowest BCUT2D eigenvalue weighted by molar-refractivity contribution is 0.199. The van der Waals surface area contributed by atoms with Crippen LogP contribution in [0.5, 0.6) is 0 Å². The normalized spacial score (nSPS) is 12.9. The molecule has 1 unspecified atom stereocenters. The predicted molar refractivity (Wildman–Crippen MR) is 67.9 cm³/mol. The van der Waals surface area contributed by atoms with Crippen LogP contribution in [0.3, 0.4) is 0 Å². The van der Waals surface area contributed by atoms with Crippen molar-refractivity contribution in [2.45, 2.75) is 32.9 Å². The molecule has 3 heteroatoms. The lowest BCUT2D eigenvalue weighted by Gasteiger charge is -2.01. The Bertz CT molecular complexity index is 456. The minimum atomic E-state index is -0.379. The fraction of sp³-hybridized carbons (Fsp3) is 0.385. The van der Waals surface area contributed by atoms with E-state index < -0.39 is 0 Å². The highest BCUT2D eigenvalue weighted by Gasteiger charge is 2.04. The van der Waals surface area contributed by atoms with Gasteiger partial charge in [0.1, 0.15) is 0 Å². The lowest BCUT2D eigenvalue weighted by atomic mass is 10.2. The SMILES string of the molecule is CCc1ccc(Cn2ccc(C(C)O)c2)s1. The standard InChI is InChI=1S/C13H17NOS/c1-3-12-4-5-13(16-12)9-14-7-6-11(8-14)10(2)15/h4-8,10,15H,3,9H2,1-2H3. The summed E-state index contributed by atoms with van der Waals surface area (Å²) in [6, 6.07) is 6.35. The van der Waals surface area contributed by atoms with Gasteiger partial charge >= 0.3 is 0 Å². The van der Waals surface area contributed by atoms with E-state index in [-0.39, 0.29) is 6.10 Å². The van der Waals surface area contributed by atoms with Gasteiger partial charge in [-0.25, -0.2) is 0 Å². The van der Waals surface area contributed by atoms with Crippen molar-refractivity contribution in [2.24, 2.45) is 0 Å². The van der Waals surface area contributed by atoms with Gasteiger partial charge in [0, 0.05) is 22.1 Å². The molecular weight excluding hydrogens is 218 g/mol. The Morgan fingerprint density at radius 1 is 1.31 bits per heavy atom. The Labute approximate surface area is 100 Å². The second-order valence-corrected chi connectivity index (χ2v) is 5.27. The molecule has 16 heavy (non-hydrogen) atoms. The average Bonchev–Trinajstić information content (AvgIpc) is 2.87. The van der Waals surface area contributed by atoms with Gasteiger partial charge in [0.05, 0.1) is 12.6 Å². The van der Waals surface area contributed by atoms with E-state index in [1.807, 2.05) is 29.8 Å². The van der Waals surface area contributed by atoms with Crippen molar-refractivity contribution < 1.29 is 5.11 Å². The number of aliphatic hydroxyl groups is 1. The maximum Gasteiger partial charge on any atom is 0.0776 e. The van der Waals surface area contributed by atoms with Crippen molar-refractivity contribution in [1.29, 1.82) is 0 Å². The molecule has 0 aliphatic rings. The third-order valence-electron chi connectivity index (χ3n) is 2.66. The van der Waals surface area contributed by atoms with E-state index in [1.165, 1.54) is 9.75 Å². The molecule has 86 valence electrons. The zero-order valence-electron chi connectivity index (χ0n) is 9.68. The van der Waals surface area contributed by atoms with Crippen LogP contribution in [0.15, 0.2) is 30.6 Å². The number of nitrogens with zero attached hydrogens (tertiary/aromatic N) is 1. The van der Waals surface area contributed by atoms with Crippen LogP contribution in [-0.2, 0) is 13.0 Å². The quantitative estimate of drug-likeness (QED) is 0.865. The number of aryl methyl sites for hydroxylation is 1. The molecule has 0 aliphatic carbocycles. The van der Waals surface area contributed by atoms with Crippen LogP contribution in [0.1, 0.15) is 35.3 Å². The van der Waals surface area contributed by atoms with Gasteiger partial charge in [0.25, 0.3) is 0 Å². The first kappa shape index (κ1) is 11.4. The maximum absolute atomic E-state index is 9.43. The molecule has 1 atom stereocenters. The molecule has 2 nitrogen and oxygen atoms in total. The molecule has 0 saturated heterocycles. The van der Waals surface area contributed by atoms with E-state index in [0.29, 0.717) is 0 Å². The van der Waals surface area contributed by atoms with Crippen molar-refractivity contribution in [3.05, 3.63) is 45.9 Å². The molecule has 0 radical (unpaired) electrons. The average molecular weight is 235 g/mol. The van der Waals surface area contributed by atoms with Gasteiger partial charge in [-0.2, -0.15) is 0 Å². The summed E-state index contributed by atoms with van der Waals surface area (Å²) in [5, 5.41) is 9.43. The molecule has 0 fully saturated rings. The Morgan fingerprint density at radius 3 is 2.62 bits per heavy atom. The number of hydrogen-bond acceptors (Lipinski definition) is 2. The van der Waals surface area contributed by atoms with E-state index in [4.69, 9.17) is 0 Å². The monoisotopic (exact) mass is 235 g/mol. The van der Waals surface area contributed by atoms with Crippen molar-refractivity contribution in [3.8, 4) is 0 Å². The van der Waals surface area contributed by atoms with Gasteiger partial charge in [-0.05, 0) is 37.1 Å². The number of rotatable bonds is 4. The van der Waals surface area contributed by atoms with Gasteiger partial charge in [0.2, 0.25) is 0 Å². The molecule has 2 heterocycles. The summed E-state index contributed by atoms with van der Waals surface area (Å²) in [4.78, 5) is 2.79. The highest BCUT2D eigenvalue weighted by Crippen LogP contribution is 2.19. The van der Waals surface area contributed by atoms with Gasteiger partial charge in [0.15, 0.2) is 0 Å². The van der Waals surface area contributed by atoms with Crippen LogP contribution >= 0.6 is 11.3 Å². The maximum atomic E-state index is 9.43. The van der Waals surface area contributed by atoms with Crippen LogP contribution in [0, 0.1) is 0 Å². The number of aliphatic hydroxyl groups excluding tert-OH is 1. The Morgan fingerprint density at radius 2 is 2.06 bits per heavy atom. The summed E-state index contributed by atoms with van der Waals surface area (Å²) in [7, 11) is 0. The fourth-order valence-corrected chi connectivity index (χ4v) is 2.65. The molecule has 0 amide bonds. The van der Waals surface area contributed by atoms with E-state index in [0.717, 1.165) is 18.5 Å². The molecular formula is C13H17NOS. The fourth-order valence-electron chi connectivity index (χ4n) is 1.68. The van der Waals surface area contributed by atoms with Crippen LogP contribution in [0.4, 0.5) is 0 Å². The molecule has 0 bridgehead atoms. The highest BCUT2D eigenvalue weighted by atomic mass is 32.1. The van der Waals surface area contributed by atoms with Crippen molar-refractivity contribution in [2.75, 3.05) is 0 Å². The van der Waals surface area contributed by atoms with Crippen LogP contribution in [-0.4, -0.2) is 9.67 Å². The van der Waals surface area contributed by atoms with Gasteiger partial charge < -0.3 is 9.67 Å². The van der Waals surface area contributed by atoms with Crippen molar-refractivity contribution in [3.63, 3.8) is 0 Å². The summed E-state index contributed by atoms with van der Waals surface area (Å²) in [6.45, 7) is 4.87. The van der Waals surface area contributed by atoms with Crippen LogP contribution in [0.25, 0.3) is 0 Å². The molecule has 0 aromatic carbocycles. The molecule has 0 spiro atoms. The summed E-state index contributed by atoms with van der Waals surface area (Å²) in [5.41, 5.74) is 0.979. The minimum absolute atomic E-state index is 0.379. The molecule has 2 aromatic rings. The first-order chi connectivity index (χ1) is 7.69. The zero-order valence-corrected chi connectivity index (χ0v) is 10.5. The third-order valence-corrected chi connectivity index (χ3v) is 3.87. The van der Waals surface area contributed by atoms with Gasteiger partial charge in [-0.3, -0.25) is 0 Å². The lowest BCUT2D eigenvalue weighted by Crippen LogP contribution is -1.94. The van der Waals surface area contributed by atoms with Crippen molar-refractivity contribution in [1.82, 2.24) is 4.57 Å². The Balaban J connectivity index is 2.08. The second kappa shape index (κ2) is 4.85. The predicted octanol–water partition coefficient (Wildman–Crippen LogP) is 3.21. The molecule has 2 aromatic heterocycles. The van der Waals surface area contributed by atoms with E-state index >= 15 is 0 Å². The highest BCUT2D eigenvalue weighted by molar-refractivity contribution is 7.11. The summed E-state index contributed by atoms with van der Waals surface area (Å²) >= 11 is 1.86. The molecule has 2 rings (SSSR count). The molecule has 0 aliphatic heterocycles. The first-order valence-corrected chi connectivity index (χ1v) is 6.42. The Kier molecular flexibility index (Phi) is 3.46. The van der Waals surface area contributed by atoms with Crippen molar-refractivity contribution >= 4 is 11.3 Å².